The van der Waals surface area contributed by atoms with Crippen LogP contribution >= 0.6 is 11.3 Å². The van der Waals surface area contributed by atoms with Crippen LogP contribution in [-0.4, -0.2) is 28.0 Å². The smallest absolute Gasteiger partial charge is 0.337 e. The van der Waals surface area contributed by atoms with Crippen molar-refractivity contribution in [2.75, 3.05) is 12.4 Å². The van der Waals surface area contributed by atoms with E-state index in [4.69, 9.17) is 9.72 Å². The second-order valence-electron chi connectivity index (χ2n) is 5.91. The van der Waals surface area contributed by atoms with Gasteiger partial charge in [-0.25, -0.2) is 14.8 Å². The summed E-state index contributed by atoms with van der Waals surface area (Å²) in [5.74, 6) is 0.971. The molecule has 4 rings (SSSR count). The van der Waals surface area contributed by atoms with Gasteiger partial charge in [-0.15, -0.1) is 11.3 Å². The molecule has 0 saturated carbocycles. The maximum absolute atomic E-state index is 11.6. The van der Waals surface area contributed by atoms with Crippen molar-refractivity contribution in [3.8, 4) is 11.4 Å². The maximum atomic E-state index is 11.6. The minimum atomic E-state index is -0.363. The van der Waals surface area contributed by atoms with E-state index in [9.17, 15) is 4.79 Å². The summed E-state index contributed by atoms with van der Waals surface area (Å²) in [4.78, 5) is 27.2. The van der Waals surface area contributed by atoms with E-state index in [1.807, 2.05) is 31.2 Å². The molecule has 0 aliphatic carbocycles. The molecule has 0 aliphatic rings. The molecule has 1 aromatic carbocycles. The number of ether oxygens (including phenoxy) is 1. The zero-order chi connectivity index (χ0) is 18.8. The first-order valence-electron chi connectivity index (χ1n) is 8.28. The van der Waals surface area contributed by atoms with E-state index >= 15 is 0 Å². The van der Waals surface area contributed by atoms with Crippen LogP contribution in [0.5, 0.6) is 0 Å². The fourth-order valence-corrected chi connectivity index (χ4v) is 3.58. The number of aromatic nitrogens is 3. The summed E-state index contributed by atoms with van der Waals surface area (Å²) in [5, 5.41) is 4.30. The molecule has 0 saturated heterocycles. The van der Waals surface area contributed by atoms with E-state index in [2.05, 4.69) is 21.4 Å². The lowest BCUT2D eigenvalue weighted by Gasteiger charge is -2.09. The van der Waals surface area contributed by atoms with E-state index in [-0.39, 0.29) is 5.97 Å². The van der Waals surface area contributed by atoms with Gasteiger partial charge in [-0.05, 0) is 49.4 Å². The van der Waals surface area contributed by atoms with E-state index < -0.39 is 0 Å². The molecule has 3 aromatic heterocycles. The predicted octanol–water partition coefficient (Wildman–Crippen LogP) is 4.59. The molecule has 0 amide bonds. The first-order valence-corrected chi connectivity index (χ1v) is 9.09. The SMILES string of the molecule is COC(=O)c1ccc(Nc2nc(-c3cccnc3)nc3sc(C)cc23)cc1. The first kappa shape index (κ1) is 17.1. The Morgan fingerprint density at radius 3 is 2.67 bits per heavy atom. The van der Waals surface area contributed by atoms with Gasteiger partial charge in [0.15, 0.2) is 5.82 Å². The second-order valence-corrected chi connectivity index (χ2v) is 7.14. The number of fused-ring (bicyclic) bond motifs is 1. The summed E-state index contributed by atoms with van der Waals surface area (Å²) < 4.78 is 4.74. The van der Waals surface area contributed by atoms with Crippen LogP contribution in [0.2, 0.25) is 0 Å². The molecule has 27 heavy (non-hydrogen) atoms. The van der Waals surface area contributed by atoms with Gasteiger partial charge >= 0.3 is 5.97 Å². The topological polar surface area (TPSA) is 77.0 Å². The zero-order valence-electron chi connectivity index (χ0n) is 14.8. The van der Waals surface area contributed by atoms with Crippen LogP contribution in [0.25, 0.3) is 21.6 Å². The molecule has 1 N–H and O–H groups in total. The van der Waals surface area contributed by atoms with E-state index in [1.165, 1.54) is 7.11 Å². The largest absolute Gasteiger partial charge is 0.465 e. The number of hydrogen-bond acceptors (Lipinski definition) is 7. The van der Waals surface area contributed by atoms with Gasteiger partial charge in [-0.3, -0.25) is 4.98 Å². The number of anilines is 2. The molecule has 0 unspecified atom stereocenters. The molecule has 0 atom stereocenters. The van der Waals surface area contributed by atoms with Gasteiger partial charge in [-0.1, -0.05) is 0 Å². The van der Waals surface area contributed by atoms with Crippen molar-refractivity contribution in [1.82, 2.24) is 15.0 Å². The van der Waals surface area contributed by atoms with Crippen molar-refractivity contribution < 1.29 is 9.53 Å². The third-order valence-corrected chi connectivity index (χ3v) is 4.95. The van der Waals surface area contributed by atoms with Gasteiger partial charge in [0.2, 0.25) is 0 Å². The summed E-state index contributed by atoms with van der Waals surface area (Å²) in [5.41, 5.74) is 2.18. The van der Waals surface area contributed by atoms with Gasteiger partial charge in [0.1, 0.15) is 10.6 Å². The van der Waals surface area contributed by atoms with E-state index in [0.717, 1.165) is 26.3 Å². The predicted molar refractivity (Wildman–Crippen MR) is 106 cm³/mol. The monoisotopic (exact) mass is 376 g/mol. The third-order valence-electron chi connectivity index (χ3n) is 4.00. The highest BCUT2D eigenvalue weighted by Crippen LogP contribution is 2.32. The first-order chi connectivity index (χ1) is 13.1. The van der Waals surface area contributed by atoms with Crippen molar-refractivity contribution in [2.24, 2.45) is 0 Å². The Morgan fingerprint density at radius 2 is 1.96 bits per heavy atom. The van der Waals surface area contributed by atoms with E-state index in [0.29, 0.717) is 17.2 Å². The van der Waals surface area contributed by atoms with Crippen molar-refractivity contribution >= 4 is 39.0 Å². The summed E-state index contributed by atoms with van der Waals surface area (Å²) in [7, 11) is 1.37. The number of carbonyl (C=O) groups excluding carboxylic acids is 1. The molecule has 0 bridgehead atoms. The fourth-order valence-electron chi connectivity index (χ4n) is 2.71. The van der Waals surface area contributed by atoms with Gasteiger partial charge in [0.05, 0.1) is 18.1 Å². The molecule has 4 aromatic rings. The van der Waals surface area contributed by atoms with Crippen LogP contribution in [0, 0.1) is 6.92 Å². The van der Waals surface area contributed by atoms with Crippen LogP contribution in [0.1, 0.15) is 15.2 Å². The normalized spacial score (nSPS) is 10.7. The molecular formula is C20H16N4O2S. The average molecular weight is 376 g/mol. The number of nitrogens with zero attached hydrogens (tertiary/aromatic N) is 3. The Morgan fingerprint density at radius 1 is 1.15 bits per heavy atom. The highest BCUT2D eigenvalue weighted by atomic mass is 32.1. The Hall–Kier alpha value is -3.32. The summed E-state index contributed by atoms with van der Waals surface area (Å²) >= 11 is 1.62. The summed E-state index contributed by atoms with van der Waals surface area (Å²) in [6.45, 7) is 2.05. The summed E-state index contributed by atoms with van der Waals surface area (Å²) in [6, 6.07) is 12.9. The van der Waals surface area contributed by atoms with Crippen LogP contribution in [-0.2, 0) is 4.74 Å². The molecule has 0 aliphatic heterocycles. The second kappa shape index (κ2) is 7.13. The van der Waals surface area contributed by atoms with Crippen LogP contribution in [0.3, 0.4) is 0 Å². The Kier molecular flexibility index (Phi) is 4.52. The van der Waals surface area contributed by atoms with Gasteiger partial charge < -0.3 is 10.1 Å². The quantitative estimate of drug-likeness (QED) is 0.525. The average Bonchev–Trinajstić information content (AvgIpc) is 3.09. The van der Waals surface area contributed by atoms with E-state index in [1.54, 1.807) is 35.9 Å². The Balaban J connectivity index is 1.75. The Labute approximate surface area is 159 Å². The molecule has 0 radical (unpaired) electrons. The number of thiophene rings is 1. The number of benzene rings is 1. The van der Waals surface area contributed by atoms with Crippen LogP contribution in [0.4, 0.5) is 11.5 Å². The number of pyridine rings is 1. The van der Waals surface area contributed by atoms with Gasteiger partial charge in [0.25, 0.3) is 0 Å². The van der Waals surface area contributed by atoms with Crippen LogP contribution < -0.4 is 5.32 Å². The molecule has 0 fully saturated rings. The fraction of sp³-hybridized carbons (Fsp3) is 0.100. The number of hydrogen-bond donors (Lipinski definition) is 1. The number of carbonyl (C=O) groups is 1. The van der Waals surface area contributed by atoms with Gasteiger partial charge in [-0.2, -0.15) is 0 Å². The number of nitrogens with one attached hydrogen (secondary N) is 1. The Bertz CT molecular complexity index is 1110. The lowest BCUT2D eigenvalue weighted by Crippen LogP contribution is -2.02. The highest BCUT2D eigenvalue weighted by molar-refractivity contribution is 7.18. The van der Waals surface area contributed by atoms with Crippen LogP contribution in [0.15, 0.2) is 54.9 Å². The van der Waals surface area contributed by atoms with Crippen molar-refractivity contribution in [2.45, 2.75) is 6.92 Å². The number of esters is 1. The number of rotatable bonds is 4. The lowest BCUT2D eigenvalue weighted by atomic mass is 10.2. The van der Waals surface area contributed by atoms with Gasteiger partial charge in [0, 0.05) is 28.5 Å². The highest BCUT2D eigenvalue weighted by Gasteiger charge is 2.13. The summed E-state index contributed by atoms with van der Waals surface area (Å²) in [6.07, 6.45) is 3.47. The third kappa shape index (κ3) is 3.50. The van der Waals surface area contributed by atoms with Crippen molar-refractivity contribution in [3.63, 3.8) is 0 Å². The minimum absolute atomic E-state index is 0.363. The minimum Gasteiger partial charge on any atom is -0.465 e. The molecule has 134 valence electrons. The zero-order valence-corrected chi connectivity index (χ0v) is 15.6. The maximum Gasteiger partial charge on any atom is 0.337 e. The van der Waals surface area contributed by atoms with Crippen molar-refractivity contribution in [3.05, 3.63) is 65.3 Å². The lowest BCUT2D eigenvalue weighted by molar-refractivity contribution is 0.0601. The number of aryl methyl sites for hydroxylation is 1. The molecular weight excluding hydrogens is 360 g/mol. The molecule has 7 heteroatoms. The number of methoxy groups -OCH3 is 1. The molecule has 0 spiro atoms. The molecule has 3 heterocycles. The molecule has 6 nitrogen and oxygen atoms in total. The standard InChI is InChI=1S/C20H16N4O2S/c1-12-10-16-18(22-15-7-5-13(6-8-15)20(25)26-2)23-17(24-19(16)27-12)14-4-3-9-21-11-14/h3-11H,1-2H3,(H,22,23,24). The van der Waals surface area contributed by atoms with Crippen molar-refractivity contribution in [1.29, 1.82) is 0 Å².